The Kier molecular flexibility index (Phi) is 5.91. The van der Waals surface area contributed by atoms with Crippen LogP contribution in [0.5, 0.6) is 0 Å². The van der Waals surface area contributed by atoms with Crippen LogP contribution in [0.1, 0.15) is 24.5 Å². The average Bonchev–Trinajstić information content (AvgIpc) is 3.00. The molecule has 27 heavy (non-hydrogen) atoms. The van der Waals surface area contributed by atoms with Gasteiger partial charge in [0, 0.05) is 19.2 Å². The van der Waals surface area contributed by atoms with Crippen LogP contribution in [0.3, 0.4) is 0 Å². The van der Waals surface area contributed by atoms with Crippen molar-refractivity contribution in [2.24, 2.45) is 11.8 Å². The molecule has 2 heterocycles. The second kappa shape index (κ2) is 8.35. The summed E-state index contributed by atoms with van der Waals surface area (Å²) in [6, 6.07) is 9.94. The van der Waals surface area contributed by atoms with E-state index in [-0.39, 0.29) is 18.4 Å². The maximum Gasteiger partial charge on any atom is 0.307 e. The quantitative estimate of drug-likeness (QED) is 0.814. The SMILES string of the molecule is Cc1cccc(Cn2nccc2NC(=O)CN2CC(C)CC(C(=O)O)C2)c1. The number of anilines is 1. The van der Waals surface area contributed by atoms with Crippen molar-refractivity contribution in [2.45, 2.75) is 26.8 Å². The van der Waals surface area contributed by atoms with Gasteiger partial charge in [-0.05, 0) is 24.8 Å². The van der Waals surface area contributed by atoms with Gasteiger partial charge in [-0.25, -0.2) is 4.68 Å². The summed E-state index contributed by atoms with van der Waals surface area (Å²) in [7, 11) is 0. The molecular weight excluding hydrogens is 344 g/mol. The number of aryl methyl sites for hydroxylation is 1. The van der Waals surface area contributed by atoms with E-state index in [1.54, 1.807) is 16.9 Å². The Hall–Kier alpha value is -2.67. The summed E-state index contributed by atoms with van der Waals surface area (Å²) in [5.41, 5.74) is 2.29. The highest BCUT2D eigenvalue weighted by molar-refractivity contribution is 5.91. The first kappa shape index (κ1) is 19.1. The van der Waals surface area contributed by atoms with Gasteiger partial charge in [0.25, 0.3) is 0 Å². The van der Waals surface area contributed by atoms with Gasteiger partial charge in [-0.1, -0.05) is 36.8 Å². The fourth-order valence-electron chi connectivity index (χ4n) is 3.70. The summed E-state index contributed by atoms with van der Waals surface area (Å²) in [6.07, 6.45) is 2.32. The minimum atomic E-state index is -0.789. The monoisotopic (exact) mass is 370 g/mol. The lowest BCUT2D eigenvalue weighted by Gasteiger charge is -2.34. The van der Waals surface area contributed by atoms with Gasteiger partial charge in [0.05, 0.1) is 25.2 Å². The lowest BCUT2D eigenvalue weighted by molar-refractivity contribution is -0.144. The average molecular weight is 370 g/mol. The number of carbonyl (C=O) groups is 2. The molecule has 7 heteroatoms. The Labute approximate surface area is 159 Å². The van der Waals surface area contributed by atoms with Crippen molar-refractivity contribution in [2.75, 3.05) is 25.0 Å². The number of hydrogen-bond donors (Lipinski definition) is 2. The van der Waals surface area contributed by atoms with Crippen LogP contribution in [0.2, 0.25) is 0 Å². The van der Waals surface area contributed by atoms with Crippen molar-refractivity contribution in [3.8, 4) is 0 Å². The molecule has 0 saturated carbocycles. The molecule has 1 fully saturated rings. The molecule has 1 aromatic heterocycles. The number of aliphatic carboxylic acids is 1. The smallest absolute Gasteiger partial charge is 0.307 e. The van der Waals surface area contributed by atoms with Gasteiger partial charge < -0.3 is 10.4 Å². The molecule has 144 valence electrons. The Morgan fingerprint density at radius 1 is 1.30 bits per heavy atom. The van der Waals surface area contributed by atoms with Crippen LogP contribution in [0.4, 0.5) is 5.82 Å². The number of piperidine rings is 1. The fourth-order valence-corrected chi connectivity index (χ4v) is 3.70. The zero-order valence-corrected chi connectivity index (χ0v) is 15.8. The predicted octanol–water partition coefficient (Wildman–Crippen LogP) is 2.22. The van der Waals surface area contributed by atoms with Crippen molar-refractivity contribution in [1.82, 2.24) is 14.7 Å². The van der Waals surface area contributed by atoms with E-state index >= 15 is 0 Å². The summed E-state index contributed by atoms with van der Waals surface area (Å²) in [5, 5.41) is 16.5. The molecule has 1 aliphatic rings. The molecule has 1 saturated heterocycles. The molecule has 0 spiro atoms. The van der Waals surface area contributed by atoms with Crippen LogP contribution in [-0.2, 0) is 16.1 Å². The van der Waals surface area contributed by atoms with Gasteiger partial charge >= 0.3 is 5.97 Å². The Morgan fingerprint density at radius 2 is 2.11 bits per heavy atom. The molecule has 1 aromatic carbocycles. The van der Waals surface area contributed by atoms with E-state index in [4.69, 9.17) is 0 Å². The Bertz CT molecular complexity index is 817. The fraction of sp³-hybridized carbons (Fsp3) is 0.450. The molecule has 2 unspecified atom stereocenters. The Balaban J connectivity index is 1.60. The number of carbonyl (C=O) groups excluding carboxylic acids is 1. The molecule has 2 aromatic rings. The van der Waals surface area contributed by atoms with Crippen LogP contribution in [0, 0.1) is 18.8 Å². The van der Waals surface area contributed by atoms with Crippen molar-refractivity contribution in [3.05, 3.63) is 47.7 Å². The highest BCUT2D eigenvalue weighted by Gasteiger charge is 2.30. The van der Waals surface area contributed by atoms with E-state index < -0.39 is 11.9 Å². The largest absolute Gasteiger partial charge is 0.481 e. The van der Waals surface area contributed by atoms with Gasteiger partial charge in [-0.15, -0.1) is 0 Å². The summed E-state index contributed by atoms with van der Waals surface area (Å²) >= 11 is 0. The number of carboxylic acid groups (broad SMARTS) is 1. The highest BCUT2D eigenvalue weighted by Crippen LogP contribution is 2.21. The van der Waals surface area contributed by atoms with E-state index in [2.05, 4.69) is 16.5 Å². The number of likely N-dealkylation sites (tertiary alicyclic amines) is 1. The van der Waals surface area contributed by atoms with Gasteiger partial charge in [-0.2, -0.15) is 5.10 Å². The lowest BCUT2D eigenvalue weighted by Crippen LogP contribution is -2.45. The van der Waals surface area contributed by atoms with Gasteiger partial charge in [0.1, 0.15) is 5.82 Å². The third kappa shape index (κ3) is 5.17. The van der Waals surface area contributed by atoms with Gasteiger partial charge in [0.2, 0.25) is 5.91 Å². The van der Waals surface area contributed by atoms with Crippen LogP contribution in [0.25, 0.3) is 0 Å². The summed E-state index contributed by atoms with van der Waals surface area (Å²) in [4.78, 5) is 25.7. The predicted molar refractivity (Wildman–Crippen MR) is 102 cm³/mol. The third-order valence-corrected chi connectivity index (χ3v) is 4.85. The third-order valence-electron chi connectivity index (χ3n) is 4.85. The molecule has 2 N–H and O–H groups in total. The maximum absolute atomic E-state index is 12.5. The van der Waals surface area contributed by atoms with Crippen molar-refractivity contribution < 1.29 is 14.7 Å². The number of carboxylic acids is 1. The molecular formula is C20H26N4O3. The minimum Gasteiger partial charge on any atom is -0.481 e. The number of benzene rings is 1. The van der Waals surface area contributed by atoms with E-state index in [1.807, 2.05) is 36.9 Å². The van der Waals surface area contributed by atoms with E-state index in [0.717, 1.165) is 12.1 Å². The minimum absolute atomic E-state index is 0.153. The molecule has 1 aliphatic heterocycles. The molecule has 3 rings (SSSR count). The van der Waals surface area contributed by atoms with Crippen LogP contribution >= 0.6 is 0 Å². The topological polar surface area (TPSA) is 87.5 Å². The lowest BCUT2D eigenvalue weighted by atomic mass is 9.90. The van der Waals surface area contributed by atoms with E-state index in [9.17, 15) is 14.7 Å². The van der Waals surface area contributed by atoms with E-state index in [0.29, 0.717) is 25.3 Å². The number of rotatable bonds is 6. The van der Waals surface area contributed by atoms with E-state index in [1.165, 1.54) is 5.56 Å². The number of amides is 1. The second-order valence-corrected chi connectivity index (χ2v) is 7.48. The molecule has 0 radical (unpaired) electrons. The molecule has 2 atom stereocenters. The first-order chi connectivity index (χ1) is 12.9. The summed E-state index contributed by atoms with van der Waals surface area (Å²) in [5.74, 6) is -0.448. The molecule has 1 amide bonds. The van der Waals surface area contributed by atoms with Crippen LogP contribution in [-0.4, -0.2) is 51.3 Å². The number of aromatic nitrogens is 2. The van der Waals surface area contributed by atoms with Crippen molar-refractivity contribution in [3.63, 3.8) is 0 Å². The summed E-state index contributed by atoms with van der Waals surface area (Å²) in [6.45, 7) is 5.97. The van der Waals surface area contributed by atoms with Gasteiger partial charge in [-0.3, -0.25) is 14.5 Å². The Morgan fingerprint density at radius 3 is 2.85 bits per heavy atom. The van der Waals surface area contributed by atoms with Crippen LogP contribution in [0.15, 0.2) is 36.5 Å². The summed E-state index contributed by atoms with van der Waals surface area (Å²) < 4.78 is 1.76. The second-order valence-electron chi connectivity index (χ2n) is 7.48. The van der Waals surface area contributed by atoms with Gasteiger partial charge in [0.15, 0.2) is 0 Å². The number of hydrogen-bond acceptors (Lipinski definition) is 4. The number of nitrogens with one attached hydrogen (secondary N) is 1. The van der Waals surface area contributed by atoms with Crippen molar-refractivity contribution >= 4 is 17.7 Å². The van der Waals surface area contributed by atoms with Crippen LogP contribution < -0.4 is 5.32 Å². The zero-order valence-electron chi connectivity index (χ0n) is 15.8. The standard InChI is InChI=1S/C20H26N4O3/c1-14-4-3-5-16(8-14)11-24-18(6-7-21-24)22-19(25)13-23-10-15(2)9-17(12-23)20(26)27/h3-8,15,17H,9-13H2,1-2H3,(H,22,25)(H,26,27). The first-order valence-corrected chi connectivity index (χ1v) is 9.23. The van der Waals surface area contributed by atoms with Crippen molar-refractivity contribution in [1.29, 1.82) is 0 Å². The first-order valence-electron chi connectivity index (χ1n) is 9.23. The molecule has 7 nitrogen and oxygen atoms in total. The maximum atomic E-state index is 12.5. The molecule has 0 bridgehead atoms. The highest BCUT2D eigenvalue weighted by atomic mass is 16.4. The molecule has 0 aliphatic carbocycles. The number of nitrogens with zero attached hydrogens (tertiary/aromatic N) is 3. The normalized spacial score (nSPS) is 20.4. The zero-order chi connectivity index (χ0) is 19.4.